The van der Waals surface area contributed by atoms with Gasteiger partial charge in [0.2, 0.25) is 0 Å². The van der Waals surface area contributed by atoms with E-state index in [0.29, 0.717) is 5.65 Å². The Morgan fingerprint density at radius 2 is 1.76 bits per heavy atom. The molecule has 2 heterocycles. The Hall–Kier alpha value is -2.88. The van der Waals surface area contributed by atoms with Gasteiger partial charge in [0.25, 0.3) is 0 Å². The molecule has 38 heavy (non-hydrogen) atoms. The van der Waals surface area contributed by atoms with E-state index in [1.165, 1.54) is 18.2 Å². The Morgan fingerprint density at radius 1 is 1.11 bits per heavy atom. The third-order valence-corrected chi connectivity index (χ3v) is 6.20. The number of hydrogen-bond acceptors (Lipinski definition) is 6. The molecular formula is C29H29FN3NaO4. The van der Waals surface area contributed by atoms with Gasteiger partial charge in [-0.25, -0.2) is 14.1 Å². The summed E-state index contributed by atoms with van der Waals surface area (Å²) < 4.78 is 15.7. The minimum Gasteiger partial charge on any atom is -0.550 e. The van der Waals surface area contributed by atoms with Crippen LogP contribution in [0.5, 0.6) is 0 Å². The van der Waals surface area contributed by atoms with Gasteiger partial charge in [0.15, 0.2) is 5.65 Å². The van der Waals surface area contributed by atoms with Crippen molar-refractivity contribution in [1.82, 2.24) is 14.8 Å². The third kappa shape index (κ3) is 6.57. The summed E-state index contributed by atoms with van der Waals surface area (Å²) in [6.07, 6.45) is 0.187. The number of carbonyl (C=O) groups excluding carboxylic acids is 1. The van der Waals surface area contributed by atoms with Crippen LogP contribution in [0.15, 0.2) is 60.7 Å². The molecule has 0 bridgehead atoms. The number of carbonyl (C=O) groups is 1. The molecule has 4 aromatic rings. The van der Waals surface area contributed by atoms with Gasteiger partial charge in [-0.05, 0) is 42.7 Å². The molecule has 0 aliphatic carbocycles. The maximum atomic E-state index is 13.8. The smallest absolute Gasteiger partial charge is 0.550 e. The summed E-state index contributed by atoms with van der Waals surface area (Å²) in [5.74, 6) is -1.75. The van der Waals surface area contributed by atoms with E-state index in [2.05, 4.69) is 0 Å². The van der Waals surface area contributed by atoms with E-state index >= 15 is 0 Å². The summed E-state index contributed by atoms with van der Waals surface area (Å²) in [6.45, 7) is 5.95. The standard InChI is InChI=1S/C29H30FN3O4.Na/c1-17(2)28-24(14-13-22(34)15-23(35)16-25(36)37)27(19-9-11-20(30)12-10-19)26-18(3)33(32-29(26)31-28)21-7-5-4-6-8-21;/h4-14,17,22-23,34-35H,15-16H2,1-3H3,(H,36,37);/q;+1/p-1/b14-13+;/t22-,23-;/m1./s1. The van der Waals surface area contributed by atoms with Gasteiger partial charge in [-0.1, -0.05) is 56.3 Å². The molecule has 0 saturated carbocycles. The Kier molecular flexibility index (Phi) is 9.98. The van der Waals surface area contributed by atoms with Gasteiger partial charge in [-0.2, -0.15) is 0 Å². The van der Waals surface area contributed by atoms with Gasteiger partial charge >= 0.3 is 29.6 Å². The monoisotopic (exact) mass is 525 g/mol. The van der Waals surface area contributed by atoms with E-state index in [1.54, 1.807) is 18.2 Å². The largest absolute Gasteiger partial charge is 1.00 e. The summed E-state index contributed by atoms with van der Waals surface area (Å²) in [5.41, 5.74) is 5.31. The Labute approximate surface area is 243 Å². The first-order valence-corrected chi connectivity index (χ1v) is 12.1. The minimum absolute atomic E-state index is 0. The maximum absolute atomic E-state index is 13.8. The van der Waals surface area contributed by atoms with Gasteiger partial charge in [0.1, 0.15) is 5.82 Å². The molecule has 0 spiro atoms. The van der Waals surface area contributed by atoms with E-state index in [4.69, 9.17) is 10.1 Å². The summed E-state index contributed by atoms with van der Waals surface area (Å²) >= 11 is 0. The van der Waals surface area contributed by atoms with E-state index in [1.807, 2.05) is 55.8 Å². The number of aliphatic hydroxyl groups is 2. The second-order valence-corrected chi connectivity index (χ2v) is 9.37. The molecule has 4 rings (SSSR count). The molecule has 0 saturated heterocycles. The molecule has 0 aliphatic heterocycles. The van der Waals surface area contributed by atoms with Crippen molar-refractivity contribution in [2.45, 2.75) is 51.7 Å². The molecule has 192 valence electrons. The minimum atomic E-state index is -1.38. The molecule has 0 fully saturated rings. The number of para-hydroxylation sites is 1. The van der Waals surface area contributed by atoms with Gasteiger partial charge in [-0.15, -0.1) is 5.10 Å². The van der Waals surface area contributed by atoms with Crippen LogP contribution in [0, 0.1) is 12.7 Å². The average Bonchev–Trinajstić information content (AvgIpc) is 3.18. The fourth-order valence-corrected chi connectivity index (χ4v) is 4.48. The van der Waals surface area contributed by atoms with E-state index in [-0.39, 0.29) is 47.7 Å². The van der Waals surface area contributed by atoms with Crippen molar-refractivity contribution in [1.29, 1.82) is 0 Å². The quantitative estimate of drug-likeness (QED) is 0.315. The number of hydrogen-bond donors (Lipinski definition) is 2. The molecule has 7 nitrogen and oxygen atoms in total. The van der Waals surface area contributed by atoms with Gasteiger partial charge < -0.3 is 20.1 Å². The van der Waals surface area contributed by atoms with Crippen LogP contribution in [-0.2, 0) is 4.79 Å². The third-order valence-electron chi connectivity index (χ3n) is 6.20. The van der Waals surface area contributed by atoms with Crippen LogP contribution in [0.2, 0.25) is 0 Å². The number of benzene rings is 2. The topological polar surface area (TPSA) is 111 Å². The van der Waals surface area contributed by atoms with E-state index < -0.39 is 24.6 Å². The number of aryl methyl sites for hydroxylation is 1. The SMILES string of the molecule is Cc1c2c(-c3ccc(F)cc3)c(/C=C/[C@@H](O)C[C@@H](O)CC(=O)[O-])c(C(C)C)nc2nn1-c1ccccc1.[Na+]. The maximum Gasteiger partial charge on any atom is 1.00 e. The van der Waals surface area contributed by atoms with Crippen LogP contribution >= 0.6 is 0 Å². The Morgan fingerprint density at radius 3 is 2.37 bits per heavy atom. The fraction of sp³-hybridized carbons (Fsp3) is 0.276. The second-order valence-electron chi connectivity index (χ2n) is 9.37. The molecule has 0 aliphatic rings. The predicted molar refractivity (Wildman–Crippen MR) is 138 cm³/mol. The zero-order chi connectivity index (χ0) is 26.7. The Bertz CT molecular complexity index is 1440. The summed E-state index contributed by atoms with van der Waals surface area (Å²) in [6, 6.07) is 15.9. The normalized spacial score (nSPS) is 13.1. The number of rotatable bonds is 9. The number of nitrogens with zero attached hydrogens (tertiary/aromatic N) is 3. The first-order valence-electron chi connectivity index (χ1n) is 12.1. The average molecular weight is 526 g/mol. The van der Waals surface area contributed by atoms with Gasteiger partial charge in [-0.3, -0.25) is 0 Å². The molecule has 2 aromatic heterocycles. The van der Waals surface area contributed by atoms with Crippen LogP contribution < -0.4 is 34.7 Å². The summed E-state index contributed by atoms with van der Waals surface area (Å²) in [4.78, 5) is 15.7. The van der Waals surface area contributed by atoms with Crippen molar-refractivity contribution in [2.75, 3.05) is 0 Å². The molecule has 0 unspecified atom stereocenters. The second kappa shape index (κ2) is 12.8. The van der Waals surface area contributed by atoms with Gasteiger partial charge in [0.05, 0.1) is 34.7 Å². The van der Waals surface area contributed by atoms with Crippen LogP contribution in [-0.4, -0.2) is 43.2 Å². The Balaban J connectivity index is 0.00000400. The molecule has 2 N–H and O–H groups in total. The molecule has 0 radical (unpaired) electrons. The summed E-state index contributed by atoms with van der Waals surface area (Å²) in [5, 5.41) is 36.8. The van der Waals surface area contributed by atoms with Crippen molar-refractivity contribution >= 4 is 23.1 Å². The number of fused-ring (bicyclic) bond motifs is 1. The number of aromatic nitrogens is 3. The molecule has 2 aromatic carbocycles. The zero-order valence-electron chi connectivity index (χ0n) is 21.9. The van der Waals surface area contributed by atoms with Crippen LogP contribution in [0.4, 0.5) is 4.39 Å². The van der Waals surface area contributed by atoms with Crippen molar-refractivity contribution in [3.8, 4) is 16.8 Å². The van der Waals surface area contributed by atoms with Crippen molar-refractivity contribution in [3.05, 3.63) is 83.4 Å². The zero-order valence-corrected chi connectivity index (χ0v) is 23.9. The van der Waals surface area contributed by atoms with Crippen LogP contribution in [0.3, 0.4) is 0 Å². The van der Waals surface area contributed by atoms with Crippen molar-refractivity contribution < 1.29 is 54.1 Å². The van der Waals surface area contributed by atoms with E-state index in [9.17, 15) is 24.5 Å². The molecule has 0 amide bonds. The van der Waals surface area contributed by atoms with Crippen LogP contribution in [0.1, 0.15) is 49.6 Å². The number of aliphatic carboxylic acids is 1. The number of pyridine rings is 1. The summed E-state index contributed by atoms with van der Waals surface area (Å²) in [7, 11) is 0. The first-order chi connectivity index (χ1) is 17.7. The first kappa shape index (κ1) is 29.7. The number of aliphatic hydroxyl groups excluding tert-OH is 2. The number of carboxylic acids is 1. The number of carboxylic acid groups (broad SMARTS) is 1. The van der Waals surface area contributed by atoms with E-state index in [0.717, 1.165) is 39.2 Å². The fourth-order valence-electron chi connectivity index (χ4n) is 4.48. The molecular weight excluding hydrogens is 496 g/mol. The van der Waals surface area contributed by atoms with Crippen LogP contribution in [0.25, 0.3) is 33.9 Å². The molecule has 2 atom stereocenters. The molecule has 9 heteroatoms. The van der Waals surface area contributed by atoms with Crippen molar-refractivity contribution in [2.24, 2.45) is 0 Å². The van der Waals surface area contributed by atoms with Gasteiger partial charge in [0, 0.05) is 29.9 Å². The van der Waals surface area contributed by atoms with Crippen molar-refractivity contribution in [3.63, 3.8) is 0 Å². The number of halogens is 1. The predicted octanol–water partition coefficient (Wildman–Crippen LogP) is 0.928.